The van der Waals surface area contributed by atoms with Crippen molar-refractivity contribution < 1.29 is 9.47 Å². The molecule has 3 rings (SSSR count). The maximum Gasteiger partial charge on any atom is 0.219 e. The van der Waals surface area contributed by atoms with Crippen molar-refractivity contribution in [3.8, 4) is 12.3 Å². The zero-order valence-electron chi connectivity index (χ0n) is 11.7. The van der Waals surface area contributed by atoms with E-state index in [1.54, 1.807) is 11.0 Å². The molecule has 1 fully saturated rings. The third kappa shape index (κ3) is 2.56. The van der Waals surface area contributed by atoms with Crippen molar-refractivity contribution in [2.24, 2.45) is 0 Å². The Morgan fingerprint density at radius 2 is 2.29 bits per heavy atom. The Hall–Kier alpha value is -2.16. The average molecular weight is 283 g/mol. The summed E-state index contributed by atoms with van der Waals surface area (Å²) in [5.74, 6) is 1.61. The van der Waals surface area contributed by atoms with Crippen LogP contribution in [0.1, 0.15) is 24.4 Å². The highest BCUT2D eigenvalue weighted by Crippen LogP contribution is 2.43. The van der Waals surface area contributed by atoms with Gasteiger partial charge in [-0.3, -0.25) is 0 Å². The Kier molecular flexibility index (Phi) is 4.00. The van der Waals surface area contributed by atoms with Gasteiger partial charge < -0.3 is 9.47 Å². The highest BCUT2D eigenvalue weighted by atomic mass is 16.7. The van der Waals surface area contributed by atoms with E-state index in [-0.39, 0.29) is 12.6 Å². The second-order valence-corrected chi connectivity index (χ2v) is 4.91. The Labute approximate surface area is 123 Å². The number of nitrogens with zero attached hydrogens (tertiary/aromatic N) is 3. The Morgan fingerprint density at radius 3 is 3.00 bits per heavy atom. The minimum absolute atomic E-state index is 0.0931. The predicted octanol–water partition coefficient (Wildman–Crippen LogP) is 2.13. The molecule has 0 N–H and O–H groups in total. The summed E-state index contributed by atoms with van der Waals surface area (Å²) in [4.78, 5) is 4.04. The fourth-order valence-electron chi connectivity index (χ4n) is 2.79. The summed E-state index contributed by atoms with van der Waals surface area (Å²) in [5.41, 5.74) is 0.945. The van der Waals surface area contributed by atoms with Gasteiger partial charge in [-0.25, -0.2) is 9.67 Å². The lowest BCUT2D eigenvalue weighted by molar-refractivity contribution is -0.285. The molecular weight excluding hydrogens is 266 g/mol. The third-order valence-corrected chi connectivity index (χ3v) is 3.68. The first-order valence-electron chi connectivity index (χ1n) is 6.98. The fraction of sp³-hybridized carbons (Fsp3) is 0.375. The van der Waals surface area contributed by atoms with Crippen LogP contribution in [0.5, 0.6) is 0 Å². The van der Waals surface area contributed by atoms with Gasteiger partial charge in [-0.05, 0) is 12.8 Å². The van der Waals surface area contributed by atoms with Crippen LogP contribution in [0.25, 0.3) is 0 Å². The monoisotopic (exact) mass is 283 g/mol. The Balaban J connectivity index is 2.05. The van der Waals surface area contributed by atoms with Crippen LogP contribution in [-0.2, 0) is 15.3 Å². The van der Waals surface area contributed by atoms with Gasteiger partial charge in [0.15, 0.2) is 0 Å². The second-order valence-electron chi connectivity index (χ2n) is 4.91. The van der Waals surface area contributed by atoms with Crippen molar-refractivity contribution in [2.45, 2.75) is 24.7 Å². The minimum Gasteiger partial charge on any atom is -0.344 e. The van der Waals surface area contributed by atoms with E-state index in [1.807, 2.05) is 30.3 Å². The molecule has 1 aromatic carbocycles. The molecule has 0 radical (unpaired) electrons. The molecule has 1 aliphatic heterocycles. The van der Waals surface area contributed by atoms with E-state index in [4.69, 9.17) is 15.9 Å². The molecule has 5 nitrogen and oxygen atoms in total. The molecule has 0 amide bonds. The van der Waals surface area contributed by atoms with E-state index in [9.17, 15) is 0 Å². The molecule has 2 atom stereocenters. The average Bonchev–Trinajstić information content (AvgIpc) is 3.08. The molecule has 2 unspecified atom stereocenters. The molecule has 2 heterocycles. The molecule has 2 aromatic rings. The number of hydrogen-bond acceptors (Lipinski definition) is 4. The van der Waals surface area contributed by atoms with Crippen LogP contribution in [0.4, 0.5) is 0 Å². The van der Waals surface area contributed by atoms with Gasteiger partial charge in [0, 0.05) is 5.56 Å². The van der Waals surface area contributed by atoms with E-state index >= 15 is 0 Å². The van der Waals surface area contributed by atoms with Crippen LogP contribution in [0.2, 0.25) is 0 Å². The van der Waals surface area contributed by atoms with Gasteiger partial charge in [0.05, 0.1) is 6.61 Å². The molecular formula is C16H17N3O2. The first-order chi connectivity index (χ1) is 10.4. The van der Waals surface area contributed by atoms with Gasteiger partial charge >= 0.3 is 0 Å². The lowest BCUT2D eigenvalue weighted by atomic mass is 9.92. The van der Waals surface area contributed by atoms with Crippen LogP contribution in [0, 0.1) is 12.3 Å². The van der Waals surface area contributed by atoms with E-state index in [0.717, 1.165) is 18.4 Å². The molecule has 0 saturated carbocycles. The predicted molar refractivity (Wildman–Crippen MR) is 77.2 cm³/mol. The topological polar surface area (TPSA) is 49.2 Å². The van der Waals surface area contributed by atoms with Crippen LogP contribution >= 0.6 is 0 Å². The minimum atomic E-state index is -0.917. The van der Waals surface area contributed by atoms with Crippen LogP contribution in [0.3, 0.4) is 0 Å². The van der Waals surface area contributed by atoms with E-state index in [2.05, 4.69) is 16.0 Å². The largest absolute Gasteiger partial charge is 0.344 e. The van der Waals surface area contributed by atoms with Crippen LogP contribution in [0.15, 0.2) is 43.0 Å². The molecule has 1 aromatic heterocycles. The lowest BCUT2D eigenvalue weighted by Crippen LogP contribution is -2.45. The van der Waals surface area contributed by atoms with Crippen LogP contribution in [-0.4, -0.2) is 28.0 Å². The summed E-state index contributed by atoms with van der Waals surface area (Å²) >= 11 is 0. The number of ether oxygens (including phenoxy) is 2. The van der Waals surface area contributed by atoms with Gasteiger partial charge in [-0.2, -0.15) is 5.10 Å². The normalized spacial score (nSPS) is 25.4. The van der Waals surface area contributed by atoms with E-state index < -0.39 is 5.79 Å². The SMILES string of the molecule is C#CCOC1(c2ccccc2)OCCCC1n1cncn1. The number of aromatic nitrogens is 3. The molecule has 1 saturated heterocycles. The van der Waals surface area contributed by atoms with Crippen molar-refractivity contribution in [3.05, 3.63) is 48.5 Å². The smallest absolute Gasteiger partial charge is 0.219 e. The van der Waals surface area contributed by atoms with Crippen molar-refractivity contribution in [1.82, 2.24) is 14.8 Å². The standard InChI is InChI=1S/C16H17N3O2/c1-2-10-20-16(14-7-4-3-5-8-14)15(9-6-11-21-16)19-13-17-12-18-19/h1,3-5,7-8,12-13,15H,6,9-11H2. The van der Waals surface area contributed by atoms with Gasteiger partial charge in [-0.1, -0.05) is 36.3 Å². The first-order valence-corrected chi connectivity index (χ1v) is 6.98. The summed E-state index contributed by atoms with van der Waals surface area (Å²) in [6, 6.07) is 9.78. The van der Waals surface area contributed by atoms with Crippen molar-refractivity contribution >= 4 is 0 Å². The summed E-state index contributed by atoms with van der Waals surface area (Å²) < 4.78 is 13.9. The van der Waals surface area contributed by atoms with Crippen molar-refractivity contribution in [3.63, 3.8) is 0 Å². The molecule has 5 heteroatoms. The molecule has 21 heavy (non-hydrogen) atoms. The fourth-order valence-corrected chi connectivity index (χ4v) is 2.79. The van der Waals surface area contributed by atoms with E-state index in [1.165, 1.54) is 6.33 Å². The maximum atomic E-state index is 6.08. The van der Waals surface area contributed by atoms with Gasteiger partial charge in [0.1, 0.15) is 25.3 Å². The summed E-state index contributed by atoms with van der Waals surface area (Å²) in [6.45, 7) is 0.810. The zero-order valence-corrected chi connectivity index (χ0v) is 11.7. The van der Waals surface area contributed by atoms with Gasteiger partial charge in [-0.15, -0.1) is 6.42 Å². The van der Waals surface area contributed by atoms with Gasteiger partial charge in [0.25, 0.3) is 0 Å². The van der Waals surface area contributed by atoms with Crippen molar-refractivity contribution in [1.29, 1.82) is 0 Å². The zero-order chi connectivity index (χ0) is 14.5. The van der Waals surface area contributed by atoms with Crippen LogP contribution < -0.4 is 0 Å². The number of benzene rings is 1. The van der Waals surface area contributed by atoms with E-state index in [0.29, 0.717) is 6.61 Å². The quantitative estimate of drug-likeness (QED) is 0.807. The molecule has 1 aliphatic rings. The number of rotatable bonds is 4. The summed E-state index contributed by atoms with van der Waals surface area (Å²) in [6.07, 6.45) is 10.4. The summed E-state index contributed by atoms with van der Waals surface area (Å²) in [7, 11) is 0. The second kappa shape index (κ2) is 6.08. The first kappa shape index (κ1) is 13.8. The molecule has 108 valence electrons. The molecule has 0 spiro atoms. The highest BCUT2D eigenvalue weighted by molar-refractivity contribution is 5.23. The number of terminal acetylenes is 1. The lowest BCUT2D eigenvalue weighted by Gasteiger charge is -2.43. The third-order valence-electron chi connectivity index (χ3n) is 3.68. The summed E-state index contributed by atoms with van der Waals surface area (Å²) in [5, 5.41) is 4.26. The molecule has 0 aliphatic carbocycles. The maximum absolute atomic E-state index is 6.08. The Bertz CT molecular complexity index is 606. The Morgan fingerprint density at radius 1 is 1.43 bits per heavy atom. The molecule has 0 bridgehead atoms. The highest BCUT2D eigenvalue weighted by Gasteiger charge is 2.46. The number of hydrogen-bond donors (Lipinski definition) is 0. The van der Waals surface area contributed by atoms with Crippen molar-refractivity contribution in [2.75, 3.05) is 13.2 Å². The van der Waals surface area contributed by atoms with Gasteiger partial charge in [0.2, 0.25) is 5.79 Å².